The van der Waals surface area contributed by atoms with E-state index in [-0.39, 0.29) is 55.4 Å². The zero-order valence-corrected chi connectivity index (χ0v) is 37.7. The van der Waals surface area contributed by atoms with Gasteiger partial charge in [-0.25, -0.2) is 0 Å². The zero-order chi connectivity index (χ0) is 41.4. The smallest absolute Gasteiger partial charge is 0.394 e. The Hall–Kier alpha value is -0.286. The number of methoxy groups -OCH3 is 4. The Labute approximate surface area is 342 Å². The molecule has 4 bridgehead atoms. The van der Waals surface area contributed by atoms with Gasteiger partial charge < -0.3 is 83.8 Å². The molecule has 7 atom stereocenters. The molecular formula is C37H74O18Si2. The van der Waals surface area contributed by atoms with Crippen LogP contribution in [0.4, 0.5) is 0 Å². The molecule has 5 aliphatic heterocycles. The molecule has 0 saturated carbocycles. The SMILES string of the molecule is CC1O[Si]2(CCCOCC3CO3)OC(C)C1O2.COCCOCC(CO)OCCOC.COCCOCC(COCCC[Si]12OC(C)C(O1)C(C)O2)OCCOC. The van der Waals surface area contributed by atoms with Gasteiger partial charge in [0.1, 0.15) is 18.3 Å². The standard InChI is InChI=1S/C17H34O8Si.C11H20O5Si.C9H20O5/c1-14-17-15(2)24-26(23-14,25-17)11-5-6-20-12-16(22-10-8-19-4)13-21-9-7-18-3;1-8-11-9(2)15-17(14-8,16-11)5-3-4-12-6-10-7-13-10;1-11-3-5-13-8-9(7-10)14-6-4-12-2/h14-17H,5-13H2,1-4H3;8-11H,3-7H2,1-2H3;9-10H,3-8H2,1-2H3. The first-order valence-electron chi connectivity index (χ1n) is 20.4. The molecule has 5 rings (SSSR count). The highest BCUT2D eigenvalue weighted by Crippen LogP contribution is 2.41. The van der Waals surface area contributed by atoms with Crippen molar-refractivity contribution in [2.75, 3.05) is 134 Å². The van der Waals surface area contributed by atoms with Gasteiger partial charge >= 0.3 is 17.6 Å². The summed E-state index contributed by atoms with van der Waals surface area (Å²) < 4.78 is 93.3. The van der Waals surface area contributed by atoms with Crippen LogP contribution in [0.2, 0.25) is 12.1 Å². The average molecular weight is 863 g/mol. The van der Waals surface area contributed by atoms with E-state index in [0.29, 0.717) is 92.0 Å². The Balaban J connectivity index is 0.000000243. The van der Waals surface area contributed by atoms with Gasteiger partial charge in [-0.3, -0.25) is 0 Å². The summed E-state index contributed by atoms with van der Waals surface area (Å²) in [5, 5.41) is 8.90. The third kappa shape index (κ3) is 19.5. The first-order chi connectivity index (χ1) is 27.6. The van der Waals surface area contributed by atoms with Gasteiger partial charge in [-0.15, -0.1) is 0 Å². The van der Waals surface area contributed by atoms with Crippen molar-refractivity contribution in [2.45, 2.75) is 108 Å². The lowest BCUT2D eigenvalue weighted by atomic mass is 10.1. The summed E-state index contributed by atoms with van der Waals surface area (Å²) in [5.74, 6) is 0. The van der Waals surface area contributed by atoms with Gasteiger partial charge in [0.25, 0.3) is 0 Å². The Kier molecular flexibility index (Phi) is 26.1. The van der Waals surface area contributed by atoms with Crippen molar-refractivity contribution in [3.63, 3.8) is 0 Å². The zero-order valence-electron chi connectivity index (χ0n) is 35.7. The van der Waals surface area contributed by atoms with Crippen molar-refractivity contribution in [3.8, 4) is 0 Å². The van der Waals surface area contributed by atoms with E-state index < -0.39 is 17.6 Å². The van der Waals surface area contributed by atoms with Crippen LogP contribution in [0.3, 0.4) is 0 Å². The lowest BCUT2D eigenvalue weighted by molar-refractivity contribution is -0.0744. The van der Waals surface area contributed by atoms with Crippen LogP contribution in [-0.4, -0.2) is 212 Å². The van der Waals surface area contributed by atoms with Gasteiger partial charge in [0.15, 0.2) is 0 Å². The molecule has 0 radical (unpaired) electrons. The van der Waals surface area contributed by atoms with Crippen LogP contribution in [0.1, 0.15) is 40.5 Å². The topological polar surface area (TPSA) is 180 Å². The number of ether oxygens (including phenoxy) is 11. The number of aliphatic hydroxyl groups excluding tert-OH is 1. The van der Waals surface area contributed by atoms with Crippen LogP contribution in [0.5, 0.6) is 0 Å². The van der Waals surface area contributed by atoms with Crippen molar-refractivity contribution in [3.05, 3.63) is 0 Å². The summed E-state index contributed by atoms with van der Waals surface area (Å²) in [6.45, 7) is 16.7. The molecule has 338 valence electrons. The Morgan fingerprint density at radius 3 is 1.30 bits per heavy atom. The lowest BCUT2D eigenvalue weighted by Crippen LogP contribution is -2.44. The summed E-state index contributed by atoms with van der Waals surface area (Å²) in [4.78, 5) is 0. The molecule has 57 heavy (non-hydrogen) atoms. The van der Waals surface area contributed by atoms with Crippen LogP contribution >= 0.6 is 0 Å². The highest BCUT2D eigenvalue weighted by Gasteiger charge is 2.61. The molecule has 5 heterocycles. The average Bonchev–Trinajstić information content (AvgIpc) is 3.62. The van der Waals surface area contributed by atoms with Gasteiger partial charge in [-0.1, -0.05) is 0 Å². The minimum Gasteiger partial charge on any atom is -0.394 e. The van der Waals surface area contributed by atoms with Crippen molar-refractivity contribution >= 4 is 17.6 Å². The van der Waals surface area contributed by atoms with E-state index in [1.807, 2.05) is 0 Å². The second-order valence-corrected chi connectivity index (χ2v) is 19.6. The lowest BCUT2D eigenvalue weighted by Gasteiger charge is -2.26. The number of fused-ring (bicyclic) bond motifs is 4. The quantitative estimate of drug-likeness (QED) is 0.0606. The van der Waals surface area contributed by atoms with E-state index in [0.717, 1.165) is 38.1 Å². The predicted molar refractivity (Wildman–Crippen MR) is 209 cm³/mol. The highest BCUT2D eigenvalue weighted by molar-refractivity contribution is 6.62. The van der Waals surface area contributed by atoms with Gasteiger partial charge in [0.05, 0.1) is 129 Å². The molecule has 1 N–H and O–H groups in total. The Morgan fingerprint density at radius 2 is 0.895 bits per heavy atom. The minimum absolute atomic E-state index is 0.0449. The van der Waals surface area contributed by atoms with Gasteiger partial charge in [0, 0.05) is 53.7 Å². The largest absolute Gasteiger partial charge is 0.502 e. The van der Waals surface area contributed by atoms with E-state index in [1.165, 1.54) is 0 Å². The fourth-order valence-corrected chi connectivity index (χ4v) is 13.1. The van der Waals surface area contributed by atoms with E-state index in [9.17, 15) is 0 Å². The second-order valence-electron chi connectivity index (χ2n) is 14.4. The minimum atomic E-state index is -2.46. The Bertz CT molecular complexity index is 980. The molecule has 20 heteroatoms. The fraction of sp³-hybridized carbons (Fsp3) is 1.00. The molecule has 18 nitrogen and oxygen atoms in total. The van der Waals surface area contributed by atoms with E-state index in [2.05, 4.69) is 27.7 Å². The third-order valence-corrected chi connectivity index (χ3v) is 15.6. The van der Waals surface area contributed by atoms with Crippen molar-refractivity contribution in [1.29, 1.82) is 0 Å². The van der Waals surface area contributed by atoms with Crippen LogP contribution in [-0.2, 0) is 78.7 Å². The van der Waals surface area contributed by atoms with Gasteiger partial charge in [-0.2, -0.15) is 0 Å². The molecule has 0 aromatic heterocycles. The normalized spacial score (nSPS) is 31.8. The molecule has 0 spiro atoms. The van der Waals surface area contributed by atoms with Gasteiger partial charge in [0.2, 0.25) is 0 Å². The molecule has 5 fully saturated rings. The molecule has 5 saturated heterocycles. The fourth-order valence-electron chi connectivity index (χ4n) is 6.47. The maximum absolute atomic E-state index is 8.90. The first kappa shape index (κ1) is 51.1. The van der Waals surface area contributed by atoms with Crippen LogP contribution in [0, 0.1) is 0 Å². The molecule has 0 aromatic carbocycles. The van der Waals surface area contributed by atoms with Crippen molar-refractivity contribution in [1.82, 2.24) is 0 Å². The first-order valence-corrected chi connectivity index (χ1v) is 24.3. The molecule has 0 aliphatic carbocycles. The van der Waals surface area contributed by atoms with E-state index >= 15 is 0 Å². The molecular weight excluding hydrogens is 789 g/mol. The molecule has 0 aromatic rings. The summed E-state index contributed by atoms with van der Waals surface area (Å²) in [6.07, 6.45) is 2.59. The molecule has 5 aliphatic rings. The number of epoxide rings is 1. The van der Waals surface area contributed by atoms with E-state index in [4.69, 9.17) is 83.8 Å². The summed E-state index contributed by atoms with van der Waals surface area (Å²) >= 11 is 0. The molecule has 7 unspecified atom stereocenters. The summed E-state index contributed by atoms with van der Waals surface area (Å²) in [7, 11) is 1.73. The summed E-state index contributed by atoms with van der Waals surface area (Å²) in [5.41, 5.74) is 0. The second kappa shape index (κ2) is 29.1. The third-order valence-electron chi connectivity index (χ3n) is 9.45. The summed E-state index contributed by atoms with van der Waals surface area (Å²) in [6, 6.07) is 1.65. The van der Waals surface area contributed by atoms with Crippen LogP contribution in [0.25, 0.3) is 0 Å². The van der Waals surface area contributed by atoms with Crippen LogP contribution < -0.4 is 0 Å². The maximum Gasteiger partial charge on any atom is 0.502 e. The van der Waals surface area contributed by atoms with Crippen LogP contribution in [0.15, 0.2) is 0 Å². The van der Waals surface area contributed by atoms with E-state index in [1.54, 1.807) is 28.4 Å². The predicted octanol–water partition coefficient (Wildman–Crippen LogP) is 1.88. The monoisotopic (exact) mass is 862 g/mol. The number of aliphatic hydroxyl groups is 1. The Morgan fingerprint density at radius 1 is 0.509 bits per heavy atom. The number of hydrogen-bond acceptors (Lipinski definition) is 18. The number of rotatable bonds is 31. The highest BCUT2D eigenvalue weighted by atomic mass is 28.4. The van der Waals surface area contributed by atoms with Crippen molar-refractivity contribution in [2.24, 2.45) is 0 Å². The maximum atomic E-state index is 8.90. The number of hydrogen-bond donors (Lipinski definition) is 1. The molecule has 0 amide bonds. The van der Waals surface area contributed by atoms with Crippen molar-refractivity contribution < 1.29 is 83.8 Å². The van der Waals surface area contributed by atoms with Gasteiger partial charge in [-0.05, 0) is 40.5 Å².